The van der Waals surface area contributed by atoms with Gasteiger partial charge < -0.3 is 45.7 Å². The summed E-state index contributed by atoms with van der Waals surface area (Å²) in [4.78, 5) is 39.7. The van der Waals surface area contributed by atoms with Crippen molar-refractivity contribution in [1.29, 1.82) is 0 Å². The van der Waals surface area contributed by atoms with Crippen LogP contribution < -0.4 is 21.1 Å². The lowest BCUT2D eigenvalue weighted by atomic mass is 9.97. The first-order valence-electron chi connectivity index (χ1n) is 16.7. The van der Waals surface area contributed by atoms with Crippen LogP contribution in [0.4, 0.5) is 9.59 Å². The number of nitrogens with one attached hydrogen (secondary N) is 3. The Hall–Kier alpha value is -4.45. The Morgan fingerprint density at radius 3 is 1.57 bits per heavy atom. The molecule has 5 N–H and O–H groups in total. The van der Waals surface area contributed by atoms with E-state index >= 15 is 0 Å². The van der Waals surface area contributed by atoms with Crippen molar-refractivity contribution < 1.29 is 34.4 Å². The SMILES string of the molecule is CC(C)[C@H](C(=O)N[C@@H](Cc1ccccc1)[C@H](O)CNC[C@@H](O)[C@H](Cc1ccccc1)NC(=O)OC(C)(C)C)N(Cc1ccccc1)C(=O)[O-]. The molecule has 0 aliphatic heterocycles. The lowest BCUT2D eigenvalue weighted by Crippen LogP contribution is -2.59. The van der Waals surface area contributed by atoms with Gasteiger partial charge in [-0.15, -0.1) is 0 Å². The summed E-state index contributed by atoms with van der Waals surface area (Å²) < 4.78 is 5.42. The van der Waals surface area contributed by atoms with E-state index in [2.05, 4.69) is 16.0 Å². The van der Waals surface area contributed by atoms with Gasteiger partial charge in [0.25, 0.3) is 0 Å². The highest BCUT2D eigenvalue weighted by Crippen LogP contribution is 2.17. The molecular formula is C38H51N4O7-. The van der Waals surface area contributed by atoms with Crippen molar-refractivity contribution in [2.24, 2.45) is 5.92 Å². The highest BCUT2D eigenvalue weighted by atomic mass is 16.6. The molecule has 0 spiro atoms. The van der Waals surface area contributed by atoms with Crippen molar-refractivity contribution in [3.63, 3.8) is 0 Å². The molecule has 11 heteroatoms. The number of carbonyl (C=O) groups excluding carboxylic acids is 3. The largest absolute Gasteiger partial charge is 0.530 e. The first-order valence-corrected chi connectivity index (χ1v) is 16.7. The van der Waals surface area contributed by atoms with Crippen molar-refractivity contribution in [2.75, 3.05) is 13.1 Å². The van der Waals surface area contributed by atoms with E-state index < -0.39 is 59.9 Å². The Morgan fingerprint density at radius 1 is 0.735 bits per heavy atom. The number of benzene rings is 3. The predicted octanol–water partition coefficient (Wildman–Crippen LogP) is 3.03. The molecular weight excluding hydrogens is 624 g/mol. The zero-order chi connectivity index (χ0) is 36.0. The van der Waals surface area contributed by atoms with E-state index in [0.717, 1.165) is 16.0 Å². The lowest BCUT2D eigenvalue weighted by molar-refractivity contribution is -0.269. The van der Waals surface area contributed by atoms with E-state index in [0.29, 0.717) is 12.0 Å². The summed E-state index contributed by atoms with van der Waals surface area (Å²) in [7, 11) is 0. The van der Waals surface area contributed by atoms with Crippen LogP contribution in [0.2, 0.25) is 0 Å². The molecule has 0 unspecified atom stereocenters. The fourth-order valence-corrected chi connectivity index (χ4v) is 5.55. The second-order valence-electron chi connectivity index (χ2n) is 13.6. The molecule has 5 atom stereocenters. The van der Waals surface area contributed by atoms with Gasteiger partial charge in [0.2, 0.25) is 5.91 Å². The number of hydrogen-bond donors (Lipinski definition) is 5. The van der Waals surface area contributed by atoms with Crippen molar-refractivity contribution >= 4 is 18.1 Å². The van der Waals surface area contributed by atoms with E-state index in [1.165, 1.54) is 0 Å². The Bertz CT molecular complexity index is 1430. The fourth-order valence-electron chi connectivity index (χ4n) is 5.55. The van der Waals surface area contributed by atoms with Crippen LogP contribution in [0.1, 0.15) is 51.3 Å². The fraction of sp³-hybridized carbons (Fsp3) is 0.447. The van der Waals surface area contributed by atoms with Crippen LogP contribution in [0.5, 0.6) is 0 Å². The van der Waals surface area contributed by atoms with Crippen LogP contribution >= 0.6 is 0 Å². The minimum absolute atomic E-state index is 0.0140. The number of carboxylic acid groups (broad SMARTS) is 1. The van der Waals surface area contributed by atoms with Gasteiger partial charge in [-0.2, -0.15) is 0 Å². The van der Waals surface area contributed by atoms with Gasteiger partial charge in [0.1, 0.15) is 17.7 Å². The molecule has 0 heterocycles. The first-order chi connectivity index (χ1) is 23.2. The number of nitrogens with zero attached hydrogens (tertiary/aromatic N) is 1. The molecule has 0 saturated carbocycles. The molecule has 0 aromatic heterocycles. The van der Waals surface area contributed by atoms with Crippen molar-refractivity contribution in [3.8, 4) is 0 Å². The number of ether oxygens (including phenoxy) is 1. The monoisotopic (exact) mass is 675 g/mol. The average molecular weight is 676 g/mol. The van der Waals surface area contributed by atoms with Crippen LogP contribution in [-0.4, -0.2) is 82.2 Å². The molecule has 0 aliphatic rings. The van der Waals surface area contributed by atoms with Crippen LogP contribution in [-0.2, 0) is 28.9 Å². The maximum Gasteiger partial charge on any atom is 0.407 e. The summed E-state index contributed by atoms with van der Waals surface area (Å²) in [5.74, 6) is -0.956. The molecule has 3 aromatic rings. The molecule has 11 nitrogen and oxygen atoms in total. The highest BCUT2D eigenvalue weighted by molar-refractivity contribution is 5.85. The lowest BCUT2D eigenvalue weighted by Gasteiger charge is -2.37. The molecule has 0 aliphatic carbocycles. The minimum Gasteiger partial charge on any atom is -0.530 e. The van der Waals surface area contributed by atoms with Gasteiger partial charge in [-0.05, 0) is 56.2 Å². The number of alkyl carbamates (subject to hydrolysis) is 1. The number of carbonyl (C=O) groups is 3. The van der Waals surface area contributed by atoms with E-state index in [1.54, 1.807) is 58.9 Å². The van der Waals surface area contributed by atoms with Gasteiger partial charge in [-0.25, -0.2) is 4.79 Å². The van der Waals surface area contributed by atoms with Gasteiger partial charge in [0.15, 0.2) is 0 Å². The Labute approximate surface area is 289 Å². The molecule has 0 radical (unpaired) electrons. The summed E-state index contributed by atoms with van der Waals surface area (Å²) in [5.41, 5.74) is 1.76. The van der Waals surface area contributed by atoms with Gasteiger partial charge in [0.05, 0.1) is 24.3 Å². The number of aliphatic hydroxyl groups excluding tert-OH is 2. The third-order valence-corrected chi connectivity index (χ3v) is 7.93. The van der Waals surface area contributed by atoms with Crippen LogP contribution in [0.15, 0.2) is 91.0 Å². The first kappa shape index (κ1) is 39.0. The minimum atomic E-state index is -1.47. The molecule has 0 fully saturated rings. The van der Waals surface area contributed by atoms with E-state index in [4.69, 9.17) is 4.74 Å². The van der Waals surface area contributed by atoms with Crippen LogP contribution in [0.25, 0.3) is 0 Å². The molecule has 0 saturated heterocycles. The summed E-state index contributed by atoms with van der Waals surface area (Å²) in [6.45, 7) is 8.75. The molecule has 0 bridgehead atoms. The number of hydrogen-bond acceptors (Lipinski definition) is 8. The van der Waals surface area contributed by atoms with E-state index in [9.17, 15) is 29.7 Å². The van der Waals surface area contributed by atoms with Gasteiger partial charge in [-0.3, -0.25) is 4.79 Å². The van der Waals surface area contributed by atoms with Gasteiger partial charge in [-0.1, -0.05) is 105 Å². The van der Waals surface area contributed by atoms with Crippen molar-refractivity contribution in [2.45, 2.75) is 89.9 Å². The Morgan fingerprint density at radius 2 is 1.16 bits per heavy atom. The number of aliphatic hydroxyl groups is 2. The average Bonchev–Trinajstić information content (AvgIpc) is 3.04. The van der Waals surface area contributed by atoms with Crippen LogP contribution in [0.3, 0.4) is 0 Å². The second-order valence-corrected chi connectivity index (χ2v) is 13.6. The zero-order valence-corrected chi connectivity index (χ0v) is 29.0. The Balaban J connectivity index is 1.73. The molecule has 3 rings (SSSR count). The smallest absolute Gasteiger partial charge is 0.407 e. The van der Waals surface area contributed by atoms with Gasteiger partial charge in [0, 0.05) is 19.6 Å². The standard InChI is InChI=1S/C38H52N4O7/c1-26(2)34(42(37(47)48)25-29-19-13-8-14-20-29)35(45)40-30(21-27-15-9-6-10-16-27)32(43)23-39-24-33(44)31(22-28-17-11-7-12-18-28)41-36(46)49-38(3,4)5/h6-20,26,30-34,39,43-44H,21-25H2,1-5H3,(H,40,45)(H,41,46)(H,47,48)/p-1/t30-,31-,32+,33+,34+/m0/s1. The second kappa shape index (κ2) is 18.9. The summed E-state index contributed by atoms with van der Waals surface area (Å²) in [6, 6.07) is 25.1. The summed E-state index contributed by atoms with van der Waals surface area (Å²) in [6.07, 6.45) is -3.70. The third kappa shape index (κ3) is 13.5. The number of amides is 3. The Kier molecular flexibility index (Phi) is 15.1. The highest BCUT2D eigenvalue weighted by Gasteiger charge is 2.33. The predicted molar refractivity (Wildman–Crippen MR) is 186 cm³/mol. The maximum absolute atomic E-state index is 13.8. The topological polar surface area (TPSA) is 163 Å². The maximum atomic E-state index is 13.8. The third-order valence-electron chi connectivity index (χ3n) is 7.93. The quantitative estimate of drug-likeness (QED) is 0.146. The summed E-state index contributed by atoms with van der Waals surface area (Å²) in [5, 5.41) is 43.6. The van der Waals surface area contributed by atoms with E-state index in [-0.39, 0.29) is 26.1 Å². The summed E-state index contributed by atoms with van der Waals surface area (Å²) >= 11 is 0. The molecule has 3 aromatic carbocycles. The normalized spacial score (nSPS) is 14.6. The number of rotatable bonds is 17. The van der Waals surface area contributed by atoms with Crippen molar-refractivity contribution in [1.82, 2.24) is 20.9 Å². The van der Waals surface area contributed by atoms with E-state index in [1.807, 2.05) is 66.7 Å². The van der Waals surface area contributed by atoms with Gasteiger partial charge >= 0.3 is 6.09 Å². The molecule has 266 valence electrons. The molecule has 49 heavy (non-hydrogen) atoms. The van der Waals surface area contributed by atoms with Crippen molar-refractivity contribution in [3.05, 3.63) is 108 Å². The van der Waals surface area contributed by atoms with Crippen LogP contribution in [0, 0.1) is 5.92 Å². The molecule has 3 amide bonds. The zero-order valence-electron chi connectivity index (χ0n) is 29.0.